The van der Waals surface area contributed by atoms with Crippen molar-refractivity contribution in [3.63, 3.8) is 0 Å². The number of fused-ring (bicyclic) bond motifs is 1. The molecule has 0 bridgehead atoms. The van der Waals surface area contributed by atoms with E-state index in [0.29, 0.717) is 12.0 Å². The van der Waals surface area contributed by atoms with Crippen molar-refractivity contribution in [2.24, 2.45) is 0 Å². The molecule has 5 heteroatoms. The lowest BCUT2D eigenvalue weighted by atomic mass is 9.91. The van der Waals surface area contributed by atoms with Crippen molar-refractivity contribution in [3.8, 4) is 16.9 Å². The van der Waals surface area contributed by atoms with E-state index >= 15 is 0 Å². The fraction of sp³-hybridized carbons (Fsp3) is 0.310. The van der Waals surface area contributed by atoms with Crippen molar-refractivity contribution in [3.05, 3.63) is 89.0 Å². The minimum absolute atomic E-state index is 0.246. The fourth-order valence-electron chi connectivity index (χ4n) is 3.90. The van der Waals surface area contributed by atoms with Gasteiger partial charge in [-0.05, 0) is 79.3 Å². The third kappa shape index (κ3) is 6.33. The normalized spacial score (nSPS) is 13.1. The van der Waals surface area contributed by atoms with Crippen molar-refractivity contribution < 1.29 is 24.2 Å². The van der Waals surface area contributed by atoms with Gasteiger partial charge in [0, 0.05) is 19.4 Å². The summed E-state index contributed by atoms with van der Waals surface area (Å²) in [6, 6.07) is 21.7. The van der Waals surface area contributed by atoms with Crippen LogP contribution >= 0.6 is 0 Å². The standard InChI is InChI=1S/C28H28O4.CH4O/c1-28(2,3)32-27(30)22-6-4-19(5-7-22)16-25(18-29)21-10-8-20(9-11-21)23-12-13-26-24(17-23)14-15-31-26;1-2/h4-13,17-18,25H,14-16H2,1-3H3;2H,1H3. The summed E-state index contributed by atoms with van der Waals surface area (Å²) in [4.78, 5) is 24.0. The lowest BCUT2D eigenvalue weighted by Gasteiger charge is -2.19. The third-order valence-electron chi connectivity index (χ3n) is 5.57. The van der Waals surface area contributed by atoms with E-state index in [0.717, 1.165) is 54.4 Å². The summed E-state index contributed by atoms with van der Waals surface area (Å²) in [5, 5.41) is 7.00. The van der Waals surface area contributed by atoms with E-state index in [9.17, 15) is 9.59 Å². The molecule has 0 aliphatic carbocycles. The highest BCUT2D eigenvalue weighted by Crippen LogP contribution is 2.31. The maximum atomic E-state index is 12.2. The van der Waals surface area contributed by atoms with Crippen LogP contribution < -0.4 is 4.74 Å². The third-order valence-corrected chi connectivity index (χ3v) is 5.57. The van der Waals surface area contributed by atoms with Gasteiger partial charge in [-0.25, -0.2) is 4.79 Å². The number of carbonyl (C=O) groups is 2. The largest absolute Gasteiger partial charge is 0.493 e. The molecule has 1 aliphatic heterocycles. The van der Waals surface area contributed by atoms with Crippen LogP contribution in [-0.4, -0.2) is 36.7 Å². The van der Waals surface area contributed by atoms with Gasteiger partial charge >= 0.3 is 5.97 Å². The number of hydrogen-bond donors (Lipinski definition) is 1. The molecule has 0 aromatic heterocycles. The zero-order chi connectivity index (χ0) is 24.7. The smallest absolute Gasteiger partial charge is 0.338 e. The lowest BCUT2D eigenvalue weighted by Crippen LogP contribution is -2.23. The van der Waals surface area contributed by atoms with Crippen LogP contribution in [0.3, 0.4) is 0 Å². The SMILES string of the molecule is CC(C)(C)OC(=O)c1ccc(CC(C=O)c2ccc(-c3ccc4c(c3)CCO4)cc2)cc1.CO. The molecule has 0 saturated carbocycles. The van der Waals surface area contributed by atoms with E-state index < -0.39 is 5.60 Å². The molecule has 0 spiro atoms. The van der Waals surface area contributed by atoms with Gasteiger partial charge in [-0.2, -0.15) is 0 Å². The monoisotopic (exact) mass is 460 g/mol. The van der Waals surface area contributed by atoms with Crippen molar-refractivity contribution in [1.29, 1.82) is 0 Å². The first-order valence-corrected chi connectivity index (χ1v) is 11.4. The summed E-state index contributed by atoms with van der Waals surface area (Å²) < 4.78 is 11.0. The molecule has 0 fully saturated rings. The Morgan fingerprint density at radius 2 is 1.65 bits per heavy atom. The van der Waals surface area contributed by atoms with Crippen LogP contribution in [0.4, 0.5) is 0 Å². The van der Waals surface area contributed by atoms with Gasteiger partial charge < -0.3 is 19.4 Å². The van der Waals surface area contributed by atoms with Gasteiger partial charge in [-0.3, -0.25) is 0 Å². The number of carbonyl (C=O) groups excluding carboxylic acids is 2. The van der Waals surface area contributed by atoms with Crippen LogP contribution in [0.5, 0.6) is 5.75 Å². The number of ether oxygens (including phenoxy) is 2. The van der Waals surface area contributed by atoms with Crippen molar-refractivity contribution in [2.45, 2.75) is 45.1 Å². The molecule has 1 aliphatic rings. The highest BCUT2D eigenvalue weighted by atomic mass is 16.6. The summed E-state index contributed by atoms with van der Waals surface area (Å²) >= 11 is 0. The van der Waals surface area contributed by atoms with Crippen molar-refractivity contribution in [1.82, 2.24) is 0 Å². The van der Waals surface area contributed by atoms with Gasteiger partial charge in [0.25, 0.3) is 0 Å². The Bertz CT molecular complexity index is 1110. The molecule has 3 aromatic carbocycles. The Kier molecular flexibility index (Phi) is 8.24. The maximum Gasteiger partial charge on any atom is 0.338 e. The highest BCUT2D eigenvalue weighted by Gasteiger charge is 2.18. The number of aliphatic hydroxyl groups excluding tert-OH is 1. The van der Waals surface area contributed by atoms with Crippen LogP contribution in [0, 0.1) is 0 Å². The maximum absolute atomic E-state index is 12.2. The lowest BCUT2D eigenvalue weighted by molar-refractivity contribution is -0.109. The van der Waals surface area contributed by atoms with Crippen molar-refractivity contribution in [2.75, 3.05) is 13.7 Å². The minimum Gasteiger partial charge on any atom is -0.493 e. The predicted octanol–water partition coefficient (Wildman–Crippen LogP) is 5.38. The summed E-state index contributed by atoms with van der Waals surface area (Å²) in [7, 11) is 1.00. The Labute approximate surface area is 201 Å². The molecule has 178 valence electrons. The molecular formula is C29H32O5. The number of benzene rings is 3. The molecular weight excluding hydrogens is 428 g/mol. The van der Waals surface area contributed by atoms with E-state index in [1.165, 1.54) is 5.56 Å². The molecule has 1 N–H and O–H groups in total. The number of esters is 1. The Balaban J connectivity index is 0.00000158. The Morgan fingerprint density at radius 3 is 2.26 bits per heavy atom. The summed E-state index contributed by atoms with van der Waals surface area (Å²) in [6.45, 7) is 6.28. The average Bonchev–Trinajstić information content (AvgIpc) is 3.31. The van der Waals surface area contributed by atoms with Crippen LogP contribution in [0.1, 0.15) is 53.7 Å². The Hall–Kier alpha value is -3.44. The number of aliphatic hydroxyl groups is 1. The highest BCUT2D eigenvalue weighted by molar-refractivity contribution is 5.89. The van der Waals surface area contributed by atoms with Gasteiger partial charge in [0.05, 0.1) is 12.2 Å². The van der Waals surface area contributed by atoms with Gasteiger partial charge in [-0.15, -0.1) is 0 Å². The molecule has 3 aromatic rings. The minimum atomic E-state index is -0.530. The van der Waals surface area contributed by atoms with E-state index in [4.69, 9.17) is 14.6 Å². The second kappa shape index (κ2) is 11.1. The quantitative estimate of drug-likeness (QED) is 0.395. The predicted molar refractivity (Wildman–Crippen MR) is 133 cm³/mol. The molecule has 4 rings (SSSR count). The topological polar surface area (TPSA) is 72.8 Å². The summed E-state index contributed by atoms with van der Waals surface area (Å²) in [6.07, 6.45) is 2.51. The van der Waals surface area contributed by atoms with Crippen LogP contribution in [0.25, 0.3) is 11.1 Å². The molecule has 34 heavy (non-hydrogen) atoms. The first-order valence-electron chi connectivity index (χ1n) is 11.4. The summed E-state index contributed by atoms with van der Waals surface area (Å²) in [5.74, 6) is 0.388. The van der Waals surface area contributed by atoms with E-state index in [-0.39, 0.29) is 11.9 Å². The molecule has 0 amide bonds. The first kappa shape index (κ1) is 25.2. The second-order valence-corrected chi connectivity index (χ2v) is 9.19. The van der Waals surface area contributed by atoms with E-state index in [1.54, 1.807) is 12.1 Å². The van der Waals surface area contributed by atoms with E-state index in [2.05, 4.69) is 24.3 Å². The zero-order valence-corrected chi connectivity index (χ0v) is 20.2. The van der Waals surface area contributed by atoms with Crippen molar-refractivity contribution >= 4 is 12.3 Å². The van der Waals surface area contributed by atoms with Gasteiger partial charge in [0.1, 0.15) is 17.6 Å². The molecule has 1 heterocycles. The molecule has 1 unspecified atom stereocenters. The molecule has 0 radical (unpaired) electrons. The Morgan fingerprint density at radius 1 is 1.00 bits per heavy atom. The van der Waals surface area contributed by atoms with Crippen LogP contribution in [-0.2, 0) is 22.4 Å². The van der Waals surface area contributed by atoms with Gasteiger partial charge in [0.15, 0.2) is 0 Å². The van der Waals surface area contributed by atoms with Crippen LogP contribution in [0.15, 0.2) is 66.7 Å². The van der Waals surface area contributed by atoms with Gasteiger partial charge in [-0.1, -0.05) is 42.5 Å². The van der Waals surface area contributed by atoms with E-state index in [1.807, 2.05) is 51.1 Å². The molecule has 0 saturated heterocycles. The first-order chi connectivity index (χ1) is 16.3. The fourth-order valence-corrected chi connectivity index (χ4v) is 3.90. The molecule has 1 atom stereocenters. The number of aldehydes is 1. The number of rotatable bonds is 6. The summed E-state index contributed by atoms with van der Waals surface area (Å²) in [5.41, 5.74) is 5.47. The second-order valence-electron chi connectivity index (χ2n) is 9.19. The average molecular weight is 461 g/mol. The zero-order valence-electron chi connectivity index (χ0n) is 20.2. The van der Waals surface area contributed by atoms with Crippen LogP contribution in [0.2, 0.25) is 0 Å². The number of hydrogen-bond acceptors (Lipinski definition) is 5. The van der Waals surface area contributed by atoms with Gasteiger partial charge in [0.2, 0.25) is 0 Å². The molecule has 5 nitrogen and oxygen atoms in total.